The van der Waals surface area contributed by atoms with E-state index < -0.39 is 33.7 Å². The minimum atomic E-state index is -1.30. The number of aromatic nitrogens is 1. The highest BCUT2D eigenvalue weighted by Gasteiger charge is 2.22. The van der Waals surface area contributed by atoms with Crippen molar-refractivity contribution in [3.8, 4) is 0 Å². The summed E-state index contributed by atoms with van der Waals surface area (Å²) < 4.78 is 27.7. The maximum atomic E-state index is 13.7. The zero-order valence-electron chi connectivity index (χ0n) is 10.1. The summed E-state index contributed by atoms with van der Waals surface area (Å²) >= 11 is 3.16. The molecule has 0 fully saturated rings. The molecule has 0 aliphatic rings. The number of nitro benzene ring substituents is 1. The van der Waals surface area contributed by atoms with Crippen LogP contribution >= 0.6 is 15.9 Å². The van der Waals surface area contributed by atoms with Gasteiger partial charge in [0.05, 0.1) is 16.6 Å². The number of nitrogens with one attached hydrogen (secondary N) is 1. The second-order valence-electron chi connectivity index (χ2n) is 3.85. The largest absolute Gasteiger partial charge is 0.307 e. The van der Waals surface area contributed by atoms with E-state index in [1.807, 2.05) is 0 Å². The number of nitrogens with zero attached hydrogens (tertiary/aromatic N) is 2. The van der Waals surface area contributed by atoms with Gasteiger partial charge in [-0.15, -0.1) is 0 Å². The molecule has 0 atom stereocenters. The van der Waals surface area contributed by atoms with Gasteiger partial charge < -0.3 is 5.32 Å². The molecule has 1 heterocycles. The fourth-order valence-electron chi connectivity index (χ4n) is 1.51. The Kier molecular flexibility index (Phi) is 4.22. The highest BCUT2D eigenvalue weighted by atomic mass is 79.9. The molecular formula is C12H6BrF2N3O3. The van der Waals surface area contributed by atoms with Crippen LogP contribution in [0.15, 0.2) is 34.9 Å². The lowest BCUT2D eigenvalue weighted by molar-refractivity contribution is -0.387. The molecule has 2 rings (SSSR count). The van der Waals surface area contributed by atoms with E-state index in [9.17, 15) is 23.7 Å². The van der Waals surface area contributed by atoms with Gasteiger partial charge in [-0.3, -0.25) is 14.9 Å². The predicted molar refractivity (Wildman–Crippen MR) is 72.9 cm³/mol. The zero-order valence-corrected chi connectivity index (χ0v) is 11.7. The van der Waals surface area contributed by atoms with Gasteiger partial charge in [-0.05, 0) is 18.2 Å². The highest BCUT2D eigenvalue weighted by Crippen LogP contribution is 2.22. The fourth-order valence-corrected chi connectivity index (χ4v) is 1.84. The van der Waals surface area contributed by atoms with Crippen LogP contribution in [0.1, 0.15) is 10.4 Å². The van der Waals surface area contributed by atoms with Crippen molar-refractivity contribution in [2.24, 2.45) is 0 Å². The van der Waals surface area contributed by atoms with E-state index in [0.29, 0.717) is 16.6 Å². The SMILES string of the molecule is O=C(Nc1cc(Br)ccn1)c1cc(F)c([N+](=O)[O-])cc1F. The van der Waals surface area contributed by atoms with Gasteiger partial charge in [0.25, 0.3) is 5.91 Å². The van der Waals surface area contributed by atoms with Crippen LogP contribution in [-0.4, -0.2) is 15.8 Å². The lowest BCUT2D eigenvalue weighted by Gasteiger charge is -2.06. The first-order chi connectivity index (χ1) is 9.88. The third-order valence-electron chi connectivity index (χ3n) is 2.44. The minimum absolute atomic E-state index is 0.118. The van der Waals surface area contributed by atoms with E-state index in [2.05, 4.69) is 26.2 Å². The monoisotopic (exact) mass is 357 g/mol. The summed E-state index contributed by atoms with van der Waals surface area (Å²) in [5, 5.41) is 12.7. The predicted octanol–water partition coefficient (Wildman–Crippen LogP) is 3.28. The van der Waals surface area contributed by atoms with Crippen molar-refractivity contribution in [1.29, 1.82) is 0 Å². The third kappa shape index (κ3) is 3.37. The Morgan fingerprint density at radius 2 is 2.00 bits per heavy atom. The maximum absolute atomic E-state index is 13.7. The van der Waals surface area contributed by atoms with Crippen molar-refractivity contribution in [2.45, 2.75) is 0 Å². The van der Waals surface area contributed by atoms with E-state index in [4.69, 9.17) is 0 Å². The normalized spacial score (nSPS) is 10.2. The molecule has 108 valence electrons. The number of nitro groups is 1. The quantitative estimate of drug-likeness (QED) is 0.674. The topological polar surface area (TPSA) is 85.1 Å². The first-order valence-corrected chi connectivity index (χ1v) is 6.24. The summed E-state index contributed by atoms with van der Waals surface area (Å²) in [5.41, 5.74) is -1.69. The van der Waals surface area contributed by atoms with Gasteiger partial charge in [0.15, 0.2) is 0 Å². The number of carbonyl (C=O) groups excluding carboxylic acids is 1. The van der Waals surface area contributed by atoms with Gasteiger partial charge >= 0.3 is 5.69 Å². The van der Waals surface area contributed by atoms with Crippen LogP contribution in [0.25, 0.3) is 0 Å². The number of pyridine rings is 1. The van der Waals surface area contributed by atoms with Crippen LogP contribution in [0.5, 0.6) is 0 Å². The van der Waals surface area contributed by atoms with E-state index in [-0.39, 0.29) is 5.82 Å². The Bertz CT molecular complexity index is 740. The zero-order chi connectivity index (χ0) is 15.6. The Morgan fingerprint density at radius 1 is 1.29 bits per heavy atom. The summed E-state index contributed by atoms with van der Waals surface area (Å²) in [5.74, 6) is -3.34. The molecule has 0 radical (unpaired) electrons. The van der Waals surface area contributed by atoms with Crippen molar-refractivity contribution in [3.05, 3.63) is 62.2 Å². The van der Waals surface area contributed by atoms with E-state index in [1.54, 1.807) is 6.07 Å². The number of hydrogen-bond acceptors (Lipinski definition) is 4. The number of benzene rings is 1. The van der Waals surface area contributed by atoms with Gasteiger partial charge in [-0.25, -0.2) is 9.37 Å². The second kappa shape index (κ2) is 5.92. The molecule has 0 aliphatic carbocycles. The van der Waals surface area contributed by atoms with Crippen molar-refractivity contribution in [1.82, 2.24) is 4.98 Å². The molecule has 1 aromatic carbocycles. The third-order valence-corrected chi connectivity index (χ3v) is 2.93. The average Bonchev–Trinajstić information content (AvgIpc) is 2.40. The van der Waals surface area contributed by atoms with Crippen LogP contribution in [0, 0.1) is 21.7 Å². The molecule has 21 heavy (non-hydrogen) atoms. The van der Waals surface area contributed by atoms with Crippen LogP contribution in [0.4, 0.5) is 20.3 Å². The Hall–Kier alpha value is -2.42. The highest BCUT2D eigenvalue weighted by molar-refractivity contribution is 9.10. The molecule has 2 aromatic rings. The molecular weight excluding hydrogens is 352 g/mol. The number of anilines is 1. The van der Waals surface area contributed by atoms with Crippen LogP contribution in [0.3, 0.4) is 0 Å². The number of amides is 1. The molecule has 0 spiro atoms. The summed E-state index contributed by atoms with van der Waals surface area (Å²) in [6, 6.07) is 3.90. The fraction of sp³-hybridized carbons (Fsp3) is 0. The minimum Gasteiger partial charge on any atom is -0.306 e. The Balaban J connectivity index is 2.31. The standard InChI is InChI=1S/C12H6BrF2N3O3/c13-6-1-2-16-11(3-6)17-12(19)7-4-9(15)10(18(20)21)5-8(7)14/h1-5H,(H,16,17,19). The molecule has 0 saturated heterocycles. The van der Waals surface area contributed by atoms with E-state index >= 15 is 0 Å². The van der Waals surface area contributed by atoms with Crippen molar-refractivity contribution in [3.63, 3.8) is 0 Å². The summed E-state index contributed by atoms with van der Waals surface area (Å²) in [6.07, 6.45) is 1.40. The van der Waals surface area contributed by atoms with Gasteiger partial charge in [-0.1, -0.05) is 15.9 Å². The van der Waals surface area contributed by atoms with Crippen LogP contribution in [0.2, 0.25) is 0 Å². The summed E-state index contributed by atoms with van der Waals surface area (Å²) in [7, 11) is 0. The molecule has 6 nitrogen and oxygen atoms in total. The van der Waals surface area contributed by atoms with Gasteiger partial charge in [0.1, 0.15) is 11.6 Å². The van der Waals surface area contributed by atoms with Crippen LogP contribution < -0.4 is 5.32 Å². The lowest BCUT2D eigenvalue weighted by atomic mass is 10.1. The summed E-state index contributed by atoms with van der Waals surface area (Å²) in [4.78, 5) is 25.0. The molecule has 0 unspecified atom stereocenters. The van der Waals surface area contributed by atoms with Crippen molar-refractivity contribution in [2.75, 3.05) is 5.32 Å². The van der Waals surface area contributed by atoms with Gasteiger partial charge in [-0.2, -0.15) is 4.39 Å². The first kappa shape index (κ1) is 15.0. The molecule has 0 bridgehead atoms. The van der Waals surface area contributed by atoms with Crippen LogP contribution in [-0.2, 0) is 0 Å². The average molecular weight is 358 g/mol. The smallest absolute Gasteiger partial charge is 0.306 e. The molecule has 1 aromatic heterocycles. The Labute approximate surface area is 125 Å². The molecule has 1 amide bonds. The molecule has 1 N–H and O–H groups in total. The van der Waals surface area contributed by atoms with E-state index in [1.165, 1.54) is 12.3 Å². The first-order valence-electron chi connectivity index (χ1n) is 5.45. The van der Waals surface area contributed by atoms with Gasteiger partial charge in [0.2, 0.25) is 5.82 Å². The lowest BCUT2D eigenvalue weighted by Crippen LogP contribution is -2.15. The summed E-state index contributed by atoms with van der Waals surface area (Å²) in [6.45, 7) is 0. The van der Waals surface area contributed by atoms with Crippen molar-refractivity contribution >= 4 is 33.3 Å². The van der Waals surface area contributed by atoms with E-state index in [0.717, 1.165) is 0 Å². The molecule has 0 saturated carbocycles. The Morgan fingerprint density at radius 3 is 2.62 bits per heavy atom. The number of hydrogen-bond donors (Lipinski definition) is 1. The second-order valence-corrected chi connectivity index (χ2v) is 4.77. The van der Waals surface area contributed by atoms with Crippen molar-refractivity contribution < 1.29 is 18.5 Å². The number of halogens is 3. The molecule has 9 heteroatoms. The number of carbonyl (C=O) groups is 1. The van der Waals surface area contributed by atoms with Gasteiger partial charge in [0, 0.05) is 10.7 Å². The number of rotatable bonds is 3. The maximum Gasteiger partial charge on any atom is 0.307 e. The molecule has 0 aliphatic heterocycles.